The molecule has 1 N–H and O–H groups in total. The Balaban J connectivity index is 1.62. The van der Waals surface area contributed by atoms with Gasteiger partial charge in [-0.25, -0.2) is 17.6 Å². The van der Waals surface area contributed by atoms with E-state index in [0.717, 1.165) is 12.1 Å². The number of amides is 1. The third-order valence-electron chi connectivity index (χ3n) is 4.57. The lowest BCUT2D eigenvalue weighted by molar-refractivity contribution is -0.120. The van der Waals surface area contributed by atoms with Crippen LogP contribution in [0.1, 0.15) is 22.5 Å². The summed E-state index contributed by atoms with van der Waals surface area (Å²) in [5.74, 6) is -1.66. The van der Waals surface area contributed by atoms with Crippen LogP contribution in [0, 0.1) is 11.7 Å². The SMILES string of the molecule is COC(=O)c1sccc1NC(=O)C1CCN(S(=O)(=O)c2ccc(F)cc2)CC1. The second-order valence-corrected chi connectivity index (χ2v) is 9.13. The molecule has 0 spiro atoms. The fraction of sp³-hybridized carbons (Fsp3) is 0.333. The zero-order chi connectivity index (χ0) is 20.3. The Hall–Kier alpha value is -2.30. The van der Waals surface area contributed by atoms with Crippen LogP contribution in [0.15, 0.2) is 40.6 Å². The summed E-state index contributed by atoms with van der Waals surface area (Å²) in [6, 6.07) is 6.30. The van der Waals surface area contributed by atoms with E-state index in [0.29, 0.717) is 23.4 Å². The van der Waals surface area contributed by atoms with Crippen molar-refractivity contribution < 1.29 is 27.1 Å². The summed E-state index contributed by atoms with van der Waals surface area (Å²) >= 11 is 1.17. The number of anilines is 1. The summed E-state index contributed by atoms with van der Waals surface area (Å²) in [5.41, 5.74) is 0.392. The Labute approximate surface area is 166 Å². The van der Waals surface area contributed by atoms with Crippen molar-refractivity contribution in [3.8, 4) is 0 Å². The fourth-order valence-electron chi connectivity index (χ4n) is 3.01. The van der Waals surface area contributed by atoms with Gasteiger partial charge < -0.3 is 10.1 Å². The van der Waals surface area contributed by atoms with E-state index in [9.17, 15) is 22.4 Å². The van der Waals surface area contributed by atoms with Crippen molar-refractivity contribution in [3.05, 3.63) is 46.4 Å². The van der Waals surface area contributed by atoms with Crippen LogP contribution in [0.4, 0.5) is 10.1 Å². The number of sulfonamides is 1. The van der Waals surface area contributed by atoms with Gasteiger partial charge in [-0.15, -0.1) is 11.3 Å². The summed E-state index contributed by atoms with van der Waals surface area (Å²) in [6.45, 7) is 0.372. The summed E-state index contributed by atoms with van der Waals surface area (Å²) in [5, 5.41) is 4.41. The van der Waals surface area contributed by atoms with Gasteiger partial charge in [-0.05, 0) is 48.6 Å². The third kappa shape index (κ3) is 4.23. The monoisotopic (exact) mass is 426 g/mol. The zero-order valence-corrected chi connectivity index (χ0v) is 16.7. The summed E-state index contributed by atoms with van der Waals surface area (Å²) in [4.78, 5) is 24.6. The topological polar surface area (TPSA) is 92.8 Å². The molecule has 0 aliphatic carbocycles. The van der Waals surface area contributed by atoms with Crippen LogP contribution in [0.2, 0.25) is 0 Å². The molecule has 150 valence electrons. The van der Waals surface area contributed by atoms with Crippen molar-refractivity contribution in [1.29, 1.82) is 0 Å². The van der Waals surface area contributed by atoms with Crippen molar-refractivity contribution in [2.45, 2.75) is 17.7 Å². The minimum Gasteiger partial charge on any atom is -0.465 e. The molecule has 1 aliphatic heterocycles. The number of nitrogens with one attached hydrogen (secondary N) is 1. The highest BCUT2D eigenvalue weighted by molar-refractivity contribution is 7.89. The smallest absolute Gasteiger partial charge is 0.350 e. The van der Waals surface area contributed by atoms with Crippen molar-refractivity contribution in [2.75, 3.05) is 25.5 Å². The van der Waals surface area contributed by atoms with E-state index in [2.05, 4.69) is 10.1 Å². The number of nitrogens with zero attached hydrogens (tertiary/aromatic N) is 1. The van der Waals surface area contributed by atoms with E-state index in [1.165, 1.54) is 34.9 Å². The molecule has 28 heavy (non-hydrogen) atoms. The highest BCUT2D eigenvalue weighted by atomic mass is 32.2. The first-order chi connectivity index (χ1) is 13.3. The molecule has 0 atom stereocenters. The normalized spacial score (nSPS) is 15.9. The molecule has 1 fully saturated rings. The number of benzene rings is 1. The van der Waals surface area contributed by atoms with Gasteiger partial charge in [0.25, 0.3) is 0 Å². The standard InChI is InChI=1S/C18H19FN2O5S2/c1-26-18(23)16-15(8-11-27-16)20-17(22)12-6-9-21(10-7-12)28(24,25)14-4-2-13(19)3-5-14/h2-5,8,11-12H,6-7,9-10H2,1H3,(H,20,22). The van der Waals surface area contributed by atoms with Crippen LogP contribution in [0.25, 0.3) is 0 Å². The number of methoxy groups -OCH3 is 1. The van der Waals surface area contributed by atoms with Gasteiger partial charge in [-0.2, -0.15) is 4.31 Å². The van der Waals surface area contributed by atoms with Crippen LogP contribution in [0.5, 0.6) is 0 Å². The Morgan fingerprint density at radius 1 is 1.18 bits per heavy atom. The summed E-state index contributed by atoms with van der Waals surface area (Å²) in [7, 11) is -2.45. The first kappa shape index (κ1) is 20.4. The van der Waals surface area contributed by atoms with Crippen LogP contribution < -0.4 is 5.32 Å². The van der Waals surface area contributed by atoms with Gasteiger partial charge in [0, 0.05) is 19.0 Å². The number of piperidine rings is 1. The molecule has 2 heterocycles. The average molecular weight is 426 g/mol. The lowest BCUT2D eigenvalue weighted by atomic mass is 9.97. The number of hydrogen-bond acceptors (Lipinski definition) is 6. The number of ether oxygens (including phenoxy) is 1. The van der Waals surface area contributed by atoms with Crippen LogP contribution in [-0.2, 0) is 19.6 Å². The van der Waals surface area contributed by atoms with Crippen LogP contribution >= 0.6 is 11.3 Å². The summed E-state index contributed by atoms with van der Waals surface area (Å²) in [6.07, 6.45) is 0.702. The van der Waals surface area contributed by atoms with E-state index in [-0.39, 0.29) is 29.8 Å². The van der Waals surface area contributed by atoms with E-state index < -0.39 is 21.8 Å². The molecule has 1 aromatic carbocycles. The number of halogens is 1. The zero-order valence-electron chi connectivity index (χ0n) is 15.1. The van der Waals surface area contributed by atoms with Crippen molar-refractivity contribution in [1.82, 2.24) is 4.31 Å². The van der Waals surface area contributed by atoms with Gasteiger partial charge in [0.2, 0.25) is 15.9 Å². The Morgan fingerprint density at radius 3 is 2.43 bits per heavy atom. The van der Waals surface area contributed by atoms with Crippen molar-refractivity contribution >= 4 is 38.9 Å². The van der Waals surface area contributed by atoms with Gasteiger partial charge in [-0.1, -0.05) is 0 Å². The minimum atomic E-state index is -3.72. The second kappa shape index (κ2) is 8.38. The first-order valence-electron chi connectivity index (χ1n) is 8.55. The van der Waals surface area contributed by atoms with Gasteiger partial charge >= 0.3 is 5.97 Å². The van der Waals surface area contributed by atoms with E-state index in [1.54, 1.807) is 11.4 Å². The lowest BCUT2D eigenvalue weighted by Crippen LogP contribution is -2.41. The molecule has 3 rings (SSSR count). The van der Waals surface area contributed by atoms with E-state index >= 15 is 0 Å². The van der Waals surface area contributed by atoms with Crippen molar-refractivity contribution in [3.63, 3.8) is 0 Å². The first-order valence-corrected chi connectivity index (χ1v) is 10.9. The number of carbonyl (C=O) groups is 2. The molecule has 7 nitrogen and oxygen atoms in total. The predicted octanol–water partition coefficient (Wildman–Crippen LogP) is 2.71. The van der Waals surface area contributed by atoms with Gasteiger partial charge in [-0.3, -0.25) is 4.79 Å². The largest absolute Gasteiger partial charge is 0.465 e. The molecule has 1 saturated heterocycles. The number of thiophene rings is 1. The molecule has 0 radical (unpaired) electrons. The molecule has 2 aromatic rings. The van der Waals surface area contributed by atoms with Gasteiger partial charge in [0.05, 0.1) is 17.7 Å². The summed E-state index contributed by atoms with van der Waals surface area (Å²) < 4.78 is 44.3. The third-order valence-corrected chi connectivity index (χ3v) is 7.38. The molecule has 1 amide bonds. The maximum atomic E-state index is 13.0. The Kier molecular flexibility index (Phi) is 6.11. The molecule has 0 bridgehead atoms. The quantitative estimate of drug-likeness (QED) is 0.742. The van der Waals surface area contributed by atoms with E-state index in [1.807, 2.05) is 0 Å². The van der Waals surface area contributed by atoms with E-state index in [4.69, 9.17) is 0 Å². The fourth-order valence-corrected chi connectivity index (χ4v) is 5.24. The van der Waals surface area contributed by atoms with Gasteiger partial charge in [0.1, 0.15) is 10.7 Å². The lowest BCUT2D eigenvalue weighted by Gasteiger charge is -2.30. The maximum absolute atomic E-state index is 13.0. The van der Waals surface area contributed by atoms with Crippen LogP contribution in [-0.4, -0.2) is 44.8 Å². The predicted molar refractivity (Wildman–Crippen MR) is 102 cm³/mol. The molecule has 1 aromatic heterocycles. The molecule has 0 saturated carbocycles. The highest BCUT2D eigenvalue weighted by Crippen LogP contribution is 2.27. The molecular formula is C18H19FN2O5S2. The molecule has 1 aliphatic rings. The van der Waals surface area contributed by atoms with Crippen molar-refractivity contribution in [2.24, 2.45) is 5.92 Å². The highest BCUT2D eigenvalue weighted by Gasteiger charge is 2.32. The molecule has 10 heteroatoms. The average Bonchev–Trinajstić information content (AvgIpc) is 3.16. The maximum Gasteiger partial charge on any atom is 0.350 e. The number of hydrogen-bond donors (Lipinski definition) is 1. The minimum absolute atomic E-state index is 0.0257. The Bertz CT molecular complexity index is 964. The second-order valence-electron chi connectivity index (χ2n) is 6.28. The molecule has 0 unspecified atom stereocenters. The molecular weight excluding hydrogens is 407 g/mol. The van der Waals surface area contributed by atoms with Crippen LogP contribution in [0.3, 0.4) is 0 Å². The van der Waals surface area contributed by atoms with Gasteiger partial charge in [0.15, 0.2) is 0 Å². The number of carbonyl (C=O) groups excluding carboxylic acids is 2. The number of rotatable bonds is 5. The Morgan fingerprint density at radius 2 is 1.82 bits per heavy atom. The number of esters is 1.